The molecule has 1 heterocycles. The summed E-state index contributed by atoms with van der Waals surface area (Å²) in [6.07, 6.45) is 3.90. The Morgan fingerprint density at radius 1 is 1.14 bits per heavy atom. The number of hydrogen-bond donors (Lipinski definition) is 1. The Kier molecular flexibility index (Phi) is 6.51. The van der Waals surface area contributed by atoms with Crippen LogP contribution in [0.5, 0.6) is 0 Å². The van der Waals surface area contributed by atoms with Crippen LogP contribution in [0.4, 0.5) is 0 Å². The van der Waals surface area contributed by atoms with E-state index in [-0.39, 0.29) is 0 Å². The Morgan fingerprint density at radius 3 is 2.71 bits per heavy atom. The molecule has 1 aromatic heterocycles. The highest BCUT2D eigenvalue weighted by Crippen LogP contribution is 2.10. The van der Waals surface area contributed by atoms with E-state index < -0.39 is 0 Å². The van der Waals surface area contributed by atoms with Gasteiger partial charge in [0, 0.05) is 24.8 Å². The zero-order chi connectivity index (χ0) is 14.9. The van der Waals surface area contributed by atoms with Crippen molar-refractivity contribution in [3.8, 4) is 0 Å². The van der Waals surface area contributed by atoms with Crippen molar-refractivity contribution in [1.82, 2.24) is 5.32 Å². The molecule has 3 nitrogen and oxygen atoms in total. The largest absolute Gasteiger partial charge is 0.467 e. The molecule has 0 amide bonds. The maximum atomic E-state index is 5.67. The van der Waals surface area contributed by atoms with E-state index in [9.17, 15) is 0 Å². The van der Waals surface area contributed by atoms with E-state index in [1.54, 1.807) is 6.26 Å². The van der Waals surface area contributed by atoms with Gasteiger partial charge in [-0.05, 0) is 24.5 Å². The monoisotopic (exact) mass is 287 g/mol. The summed E-state index contributed by atoms with van der Waals surface area (Å²) in [5, 5.41) is 3.37. The molecule has 0 spiro atoms. The molecule has 21 heavy (non-hydrogen) atoms. The first-order valence-corrected chi connectivity index (χ1v) is 7.65. The van der Waals surface area contributed by atoms with Crippen LogP contribution >= 0.6 is 0 Å². The summed E-state index contributed by atoms with van der Waals surface area (Å²) < 4.78 is 11.2. The predicted molar refractivity (Wildman–Crippen MR) is 85.1 cm³/mol. The average molecular weight is 287 g/mol. The first-order chi connectivity index (χ1) is 10.2. The van der Waals surface area contributed by atoms with Crippen LogP contribution in [-0.2, 0) is 24.3 Å². The number of furan rings is 1. The van der Waals surface area contributed by atoms with Crippen molar-refractivity contribution < 1.29 is 9.15 Å². The van der Waals surface area contributed by atoms with Gasteiger partial charge in [-0.15, -0.1) is 0 Å². The molecule has 0 unspecified atom stereocenters. The van der Waals surface area contributed by atoms with Crippen molar-refractivity contribution in [2.45, 2.75) is 45.9 Å². The fourth-order valence-electron chi connectivity index (χ4n) is 2.11. The van der Waals surface area contributed by atoms with Crippen LogP contribution in [0.25, 0.3) is 0 Å². The zero-order valence-corrected chi connectivity index (χ0v) is 13.0. The summed E-state index contributed by atoms with van der Waals surface area (Å²) in [6, 6.07) is 13.0. The molecule has 0 saturated carbocycles. The number of benzene rings is 1. The molecular formula is C18H25NO2. The fraction of sp³-hybridized carbons (Fsp3) is 0.444. The van der Waals surface area contributed by atoms with Gasteiger partial charge in [0.1, 0.15) is 12.4 Å². The van der Waals surface area contributed by atoms with Crippen LogP contribution in [0.1, 0.15) is 37.2 Å². The molecule has 0 aliphatic carbocycles. The lowest BCUT2D eigenvalue weighted by Gasteiger charge is -2.04. The number of nitrogens with one attached hydrogen (secondary N) is 1. The third-order valence-corrected chi connectivity index (χ3v) is 3.26. The maximum Gasteiger partial charge on any atom is 0.129 e. The number of ether oxygens (including phenoxy) is 1. The van der Waals surface area contributed by atoms with Gasteiger partial charge in [-0.1, -0.05) is 44.2 Å². The average Bonchev–Trinajstić information content (AvgIpc) is 2.94. The molecule has 0 fully saturated rings. The van der Waals surface area contributed by atoms with E-state index in [2.05, 4.69) is 49.5 Å². The van der Waals surface area contributed by atoms with Gasteiger partial charge in [0.05, 0.1) is 6.26 Å². The van der Waals surface area contributed by atoms with Crippen molar-refractivity contribution in [1.29, 1.82) is 0 Å². The van der Waals surface area contributed by atoms with Gasteiger partial charge in [0.2, 0.25) is 0 Å². The minimum Gasteiger partial charge on any atom is -0.467 e. The highest BCUT2D eigenvalue weighted by atomic mass is 16.5. The first kappa shape index (κ1) is 15.8. The Labute approximate surface area is 127 Å². The summed E-state index contributed by atoms with van der Waals surface area (Å²) in [4.78, 5) is 0. The molecule has 1 N–H and O–H groups in total. The van der Waals surface area contributed by atoms with Crippen LogP contribution in [0.2, 0.25) is 0 Å². The van der Waals surface area contributed by atoms with Crippen molar-refractivity contribution in [2.75, 3.05) is 6.61 Å². The number of rotatable bonds is 9. The molecule has 114 valence electrons. The van der Waals surface area contributed by atoms with E-state index in [4.69, 9.17) is 9.15 Å². The second kappa shape index (κ2) is 8.65. The van der Waals surface area contributed by atoms with Crippen molar-refractivity contribution in [3.63, 3.8) is 0 Å². The maximum absolute atomic E-state index is 5.67. The summed E-state index contributed by atoms with van der Waals surface area (Å²) in [5.74, 6) is 0.898. The molecule has 2 rings (SSSR count). The van der Waals surface area contributed by atoms with Crippen LogP contribution in [0.15, 0.2) is 47.1 Å². The lowest BCUT2D eigenvalue weighted by Crippen LogP contribution is -2.21. The molecule has 0 aliphatic heterocycles. The quantitative estimate of drug-likeness (QED) is 0.710. The molecule has 0 radical (unpaired) electrons. The minimum absolute atomic E-state index is 0.484. The molecule has 0 atom stereocenters. The molecule has 2 aromatic rings. The van der Waals surface area contributed by atoms with Gasteiger partial charge >= 0.3 is 0 Å². The second-order valence-corrected chi connectivity index (χ2v) is 5.60. The molecular weight excluding hydrogens is 262 g/mol. The van der Waals surface area contributed by atoms with Crippen molar-refractivity contribution >= 4 is 0 Å². The van der Waals surface area contributed by atoms with Gasteiger partial charge < -0.3 is 14.5 Å². The summed E-state index contributed by atoms with van der Waals surface area (Å²) in [6.45, 7) is 6.43. The highest BCUT2D eigenvalue weighted by Gasteiger charge is 2.03. The molecule has 0 saturated heterocycles. The third-order valence-electron chi connectivity index (χ3n) is 3.26. The zero-order valence-electron chi connectivity index (χ0n) is 13.0. The molecule has 0 aliphatic rings. The standard InChI is InChI=1S/C18H25NO2/c1-15(2)19-12-17-11-18(21-13-17)14-20-10-6-9-16-7-4-3-5-8-16/h3-5,7-8,11,13,15,19H,6,9-10,12,14H2,1-2H3. The lowest BCUT2D eigenvalue weighted by atomic mass is 10.1. The topological polar surface area (TPSA) is 34.4 Å². The third kappa shape index (κ3) is 6.15. The lowest BCUT2D eigenvalue weighted by molar-refractivity contribution is 0.104. The Balaban J connectivity index is 1.60. The molecule has 1 aromatic carbocycles. The Morgan fingerprint density at radius 2 is 1.95 bits per heavy atom. The summed E-state index contributed by atoms with van der Waals surface area (Å²) >= 11 is 0. The van der Waals surface area contributed by atoms with Crippen LogP contribution in [0.3, 0.4) is 0 Å². The van der Waals surface area contributed by atoms with Crippen LogP contribution in [0, 0.1) is 0 Å². The normalized spacial score (nSPS) is 11.2. The Bertz CT molecular complexity index is 505. The molecule has 0 bridgehead atoms. The van der Waals surface area contributed by atoms with Gasteiger partial charge in [-0.25, -0.2) is 0 Å². The fourth-order valence-corrected chi connectivity index (χ4v) is 2.11. The Hall–Kier alpha value is -1.58. The van der Waals surface area contributed by atoms with E-state index in [0.29, 0.717) is 12.6 Å². The van der Waals surface area contributed by atoms with Gasteiger partial charge in [-0.2, -0.15) is 0 Å². The van der Waals surface area contributed by atoms with E-state index in [0.717, 1.165) is 31.8 Å². The second-order valence-electron chi connectivity index (χ2n) is 5.60. The first-order valence-electron chi connectivity index (χ1n) is 7.65. The smallest absolute Gasteiger partial charge is 0.129 e. The van der Waals surface area contributed by atoms with E-state index in [1.807, 2.05) is 6.07 Å². The van der Waals surface area contributed by atoms with E-state index in [1.165, 1.54) is 11.1 Å². The van der Waals surface area contributed by atoms with Crippen LogP contribution in [-0.4, -0.2) is 12.6 Å². The van der Waals surface area contributed by atoms with Crippen LogP contribution < -0.4 is 5.32 Å². The minimum atomic E-state index is 0.484. The summed E-state index contributed by atoms with van der Waals surface area (Å²) in [5.41, 5.74) is 2.53. The number of hydrogen-bond acceptors (Lipinski definition) is 3. The van der Waals surface area contributed by atoms with Gasteiger partial charge in [0.25, 0.3) is 0 Å². The SMILES string of the molecule is CC(C)NCc1coc(COCCCc2ccccc2)c1. The van der Waals surface area contributed by atoms with E-state index >= 15 is 0 Å². The van der Waals surface area contributed by atoms with Crippen molar-refractivity contribution in [3.05, 3.63) is 59.5 Å². The highest BCUT2D eigenvalue weighted by molar-refractivity contribution is 5.14. The van der Waals surface area contributed by atoms with Gasteiger partial charge in [-0.3, -0.25) is 0 Å². The predicted octanol–water partition coefficient (Wildman–Crippen LogP) is 3.93. The van der Waals surface area contributed by atoms with Crippen molar-refractivity contribution in [2.24, 2.45) is 0 Å². The van der Waals surface area contributed by atoms with Gasteiger partial charge in [0.15, 0.2) is 0 Å². The summed E-state index contributed by atoms with van der Waals surface area (Å²) in [7, 11) is 0. The number of aryl methyl sites for hydroxylation is 1. The molecule has 3 heteroatoms.